The molecule has 0 radical (unpaired) electrons. The fraction of sp³-hybridized carbons (Fsp3) is 0.440. The van der Waals surface area contributed by atoms with Gasteiger partial charge in [0.1, 0.15) is 6.04 Å². The number of rotatable bonds is 7. The summed E-state index contributed by atoms with van der Waals surface area (Å²) in [6, 6.07) is 17.0. The van der Waals surface area contributed by atoms with E-state index in [0.29, 0.717) is 19.8 Å². The van der Waals surface area contributed by atoms with Crippen molar-refractivity contribution in [1.82, 2.24) is 9.80 Å². The number of amides is 2. The number of carbonyl (C=O) groups is 2. The second-order valence-corrected chi connectivity index (χ2v) is 8.39. The van der Waals surface area contributed by atoms with Crippen molar-refractivity contribution in [2.45, 2.75) is 25.3 Å². The fourth-order valence-electron chi connectivity index (χ4n) is 4.21. The predicted octanol–water partition coefficient (Wildman–Crippen LogP) is 3.12. The molecular formula is C25H32N4O3. The average Bonchev–Trinajstić information content (AvgIpc) is 2.85. The Hall–Kier alpha value is -2.90. The van der Waals surface area contributed by atoms with Crippen LogP contribution in [0, 0.1) is 0 Å². The minimum absolute atomic E-state index is 0.0324. The third kappa shape index (κ3) is 6.08. The first kappa shape index (κ1) is 22.3. The molecule has 2 fully saturated rings. The highest BCUT2D eigenvalue weighted by Crippen LogP contribution is 2.24. The van der Waals surface area contributed by atoms with E-state index < -0.39 is 6.04 Å². The molecule has 0 aromatic heterocycles. The molecular weight excluding hydrogens is 404 g/mol. The van der Waals surface area contributed by atoms with Crippen LogP contribution in [-0.2, 0) is 14.3 Å². The molecule has 7 heteroatoms. The molecule has 170 valence electrons. The number of piperidine rings is 1. The van der Waals surface area contributed by atoms with E-state index in [-0.39, 0.29) is 11.8 Å². The Morgan fingerprint density at radius 3 is 2.19 bits per heavy atom. The molecule has 2 aromatic rings. The topological polar surface area (TPSA) is 73.9 Å². The Labute approximate surface area is 189 Å². The van der Waals surface area contributed by atoms with E-state index in [9.17, 15) is 9.59 Å². The average molecular weight is 437 g/mol. The number of nitrogens with zero attached hydrogens (tertiary/aromatic N) is 2. The largest absolute Gasteiger partial charge is 0.379 e. The van der Waals surface area contributed by atoms with Crippen LogP contribution in [-0.4, -0.2) is 67.6 Å². The number of carbonyl (C=O) groups excluding carboxylic acids is 2. The standard InChI is InChI=1S/C25H32N4O3/c30-23(19-28-15-17-32-18-16-28)26-21-9-11-22(12-10-21)27-24(20-7-3-1-4-8-20)25(31)29-13-5-2-6-14-29/h1,3-4,7-12,24,27H,2,5-6,13-19H2,(H,26,30). The quantitative estimate of drug-likeness (QED) is 0.698. The summed E-state index contributed by atoms with van der Waals surface area (Å²) in [5.74, 6) is 0.0776. The van der Waals surface area contributed by atoms with Crippen LogP contribution in [0.25, 0.3) is 0 Å². The molecule has 2 N–H and O–H groups in total. The smallest absolute Gasteiger partial charge is 0.249 e. The van der Waals surface area contributed by atoms with Gasteiger partial charge >= 0.3 is 0 Å². The maximum Gasteiger partial charge on any atom is 0.249 e. The third-order valence-electron chi connectivity index (χ3n) is 6.00. The maximum absolute atomic E-state index is 13.3. The zero-order chi connectivity index (χ0) is 22.2. The Kier molecular flexibility index (Phi) is 7.74. The second kappa shape index (κ2) is 11.1. The number of hydrogen-bond acceptors (Lipinski definition) is 5. The normalized spacial score (nSPS) is 18.1. The van der Waals surface area contributed by atoms with Crippen molar-refractivity contribution >= 4 is 23.2 Å². The van der Waals surface area contributed by atoms with Gasteiger partial charge in [0.25, 0.3) is 0 Å². The van der Waals surface area contributed by atoms with Crippen LogP contribution in [0.1, 0.15) is 30.9 Å². The van der Waals surface area contributed by atoms with E-state index in [2.05, 4.69) is 15.5 Å². The van der Waals surface area contributed by atoms with Gasteiger partial charge < -0.3 is 20.3 Å². The number of hydrogen-bond donors (Lipinski definition) is 2. The zero-order valence-electron chi connectivity index (χ0n) is 18.5. The molecule has 1 unspecified atom stereocenters. The Bertz CT molecular complexity index is 876. The summed E-state index contributed by atoms with van der Waals surface area (Å²) >= 11 is 0. The number of morpholine rings is 1. The van der Waals surface area contributed by atoms with Crippen molar-refractivity contribution in [1.29, 1.82) is 0 Å². The molecule has 0 bridgehead atoms. The van der Waals surface area contributed by atoms with Gasteiger partial charge in [0.2, 0.25) is 11.8 Å². The molecule has 0 aliphatic carbocycles. The van der Waals surface area contributed by atoms with Gasteiger partial charge in [0.15, 0.2) is 0 Å². The van der Waals surface area contributed by atoms with Crippen LogP contribution in [0.4, 0.5) is 11.4 Å². The molecule has 2 aliphatic heterocycles. The van der Waals surface area contributed by atoms with Crippen molar-refractivity contribution in [3.05, 3.63) is 60.2 Å². The van der Waals surface area contributed by atoms with E-state index in [1.165, 1.54) is 6.42 Å². The van der Waals surface area contributed by atoms with Crippen LogP contribution >= 0.6 is 0 Å². The zero-order valence-corrected chi connectivity index (χ0v) is 18.5. The highest BCUT2D eigenvalue weighted by molar-refractivity contribution is 5.92. The fourth-order valence-corrected chi connectivity index (χ4v) is 4.21. The lowest BCUT2D eigenvalue weighted by atomic mass is 10.0. The van der Waals surface area contributed by atoms with Crippen molar-refractivity contribution in [2.24, 2.45) is 0 Å². The molecule has 2 aliphatic rings. The molecule has 7 nitrogen and oxygen atoms in total. The number of likely N-dealkylation sites (tertiary alicyclic amines) is 1. The Morgan fingerprint density at radius 1 is 0.844 bits per heavy atom. The van der Waals surface area contributed by atoms with Crippen molar-refractivity contribution in [3.63, 3.8) is 0 Å². The highest BCUT2D eigenvalue weighted by atomic mass is 16.5. The third-order valence-corrected chi connectivity index (χ3v) is 6.00. The van der Waals surface area contributed by atoms with Gasteiger partial charge in [-0.3, -0.25) is 14.5 Å². The van der Waals surface area contributed by atoms with E-state index in [0.717, 1.165) is 56.0 Å². The SMILES string of the molecule is O=C(CN1CCOCC1)Nc1ccc(NC(C(=O)N2CCCCC2)c2ccccc2)cc1. The molecule has 0 spiro atoms. The first-order valence-corrected chi connectivity index (χ1v) is 11.5. The Balaban J connectivity index is 1.39. The monoisotopic (exact) mass is 436 g/mol. The molecule has 2 amide bonds. The molecule has 1 atom stereocenters. The lowest BCUT2D eigenvalue weighted by Crippen LogP contribution is -2.41. The summed E-state index contributed by atoms with van der Waals surface area (Å²) < 4.78 is 5.32. The maximum atomic E-state index is 13.3. The Morgan fingerprint density at radius 2 is 1.50 bits per heavy atom. The summed E-state index contributed by atoms with van der Waals surface area (Å²) in [6.07, 6.45) is 3.31. The minimum atomic E-state index is -0.434. The van der Waals surface area contributed by atoms with Gasteiger partial charge in [0.05, 0.1) is 19.8 Å². The first-order valence-electron chi connectivity index (χ1n) is 11.5. The van der Waals surface area contributed by atoms with Crippen LogP contribution in [0.5, 0.6) is 0 Å². The summed E-state index contributed by atoms with van der Waals surface area (Å²) in [4.78, 5) is 29.7. The van der Waals surface area contributed by atoms with Gasteiger partial charge in [0, 0.05) is 37.6 Å². The second-order valence-electron chi connectivity index (χ2n) is 8.39. The minimum Gasteiger partial charge on any atom is -0.379 e. The van der Waals surface area contributed by atoms with Crippen LogP contribution < -0.4 is 10.6 Å². The van der Waals surface area contributed by atoms with Crippen molar-refractivity contribution < 1.29 is 14.3 Å². The molecule has 32 heavy (non-hydrogen) atoms. The lowest BCUT2D eigenvalue weighted by molar-refractivity contribution is -0.133. The van der Waals surface area contributed by atoms with E-state index >= 15 is 0 Å². The molecule has 2 heterocycles. The number of ether oxygens (including phenoxy) is 1. The summed E-state index contributed by atoms with van der Waals surface area (Å²) in [5.41, 5.74) is 2.54. The molecule has 4 rings (SSSR count). The lowest BCUT2D eigenvalue weighted by Gasteiger charge is -2.31. The molecule has 2 aromatic carbocycles. The van der Waals surface area contributed by atoms with E-state index in [1.807, 2.05) is 59.5 Å². The predicted molar refractivity (Wildman–Crippen MR) is 126 cm³/mol. The summed E-state index contributed by atoms with van der Waals surface area (Å²) in [6.45, 7) is 4.91. The van der Waals surface area contributed by atoms with Gasteiger partial charge in [-0.15, -0.1) is 0 Å². The van der Waals surface area contributed by atoms with Gasteiger partial charge in [-0.1, -0.05) is 30.3 Å². The number of anilines is 2. The number of benzene rings is 2. The van der Waals surface area contributed by atoms with E-state index in [1.54, 1.807) is 0 Å². The van der Waals surface area contributed by atoms with Gasteiger partial charge in [-0.2, -0.15) is 0 Å². The van der Waals surface area contributed by atoms with Gasteiger partial charge in [-0.25, -0.2) is 0 Å². The van der Waals surface area contributed by atoms with Crippen LogP contribution in [0.3, 0.4) is 0 Å². The summed E-state index contributed by atoms with van der Waals surface area (Å²) in [5, 5.41) is 6.36. The van der Waals surface area contributed by atoms with Crippen molar-refractivity contribution in [2.75, 3.05) is 56.6 Å². The first-order chi connectivity index (χ1) is 15.7. The highest BCUT2D eigenvalue weighted by Gasteiger charge is 2.27. The molecule has 2 saturated heterocycles. The van der Waals surface area contributed by atoms with Crippen LogP contribution in [0.2, 0.25) is 0 Å². The van der Waals surface area contributed by atoms with Crippen LogP contribution in [0.15, 0.2) is 54.6 Å². The van der Waals surface area contributed by atoms with E-state index in [4.69, 9.17) is 4.74 Å². The van der Waals surface area contributed by atoms with Gasteiger partial charge in [-0.05, 0) is 49.1 Å². The molecule has 0 saturated carbocycles. The summed E-state index contributed by atoms with van der Waals surface area (Å²) in [7, 11) is 0. The number of nitrogens with one attached hydrogen (secondary N) is 2. The van der Waals surface area contributed by atoms with Crippen molar-refractivity contribution in [3.8, 4) is 0 Å².